The minimum atomic E-state index is -4.31. The predicted octanol–water partition coefficient (Wildman–Crippen LogP) is 3.50. The molecule has 2 saturated heterocycles. The van der Waals surface area contributed by atoms with Gasteiger partial charge in [-0.2, -0.15) is 13.2 Å². The molecule has 2 atom stereocenters. The number of morpholine rings is 1. The number of alkyl halides is 3. The van der Waals surface area contributed by atoms with Gasteiger partial charge in [-0.1, -0.05) is 19.1 Å². The van der Waals surface area contributed by atoms with Gasteiger partial charge in [0.25, 0.3) is 0 Å². The summed E-state index contributed by atoms with van der Waals surface area (Å²) in [7, 11) is 0. The first kappa shape index (κ1) is 19.5. The quantitative estimate of drug-likeness (QED) is 0.888. The van der Waals surface area contributed by atoms with Crippen molar-refractivity contribution in [1.82, 2.24) is 10.2 Å². The van der Waals surface area contributed by atoms with Crippen LogP contribution >= 0.6 is 12.4 Å². The second-order valence-electron chi connectivity index (χ2n) is 6.96. The highest BCUT2D eigenvalue weighted by Crippen LogP contribution is 2.33. The third-order valence-corrected chi connectivity index (χ3v) is 4.80. The molecular weight excluding hydrogens is 341 g/mol. The van der Waals surface area contributed by atoms with E-state index in [1.54, 1.807) is 6.07 Å². The number of nitrogens with one attached hydrogen (secondary N) is 1. The second-order valence-corrected chi connectivity index (χ2v) is 6.96. The topological polar surface area (TPSA) is 24.5 Å². The number of rotatable bonds is 3. The summed E-state index contributed by atoms with van der Waals surface area (Å²) in [6, 6.07) is 5.51. The molecule has 2 unspecified atom stereocenters. The summed E-state index contributed by atoms with van der Waals surface area (Å²) in [4.78, 5) is 2.32. The Hall–Kier alpha value is -0.820. The Morgan fingerprint density at radius 1 is 1.38 bits per heavy atom. The van der Waals surface area contributed by atoms with E-state index in [2.05, 4.69) is 17.1 Å². The number of nitrogens with zero attached hydrogens (tertiary/aromatic N) is 1. The van der Waals surface area contributed by atoms with Gasteiger partial charge in [0.1, 0.15) is 0 Å². The van der Waals surface area contributed by atoms with E-state index in [4.69, 9.17) is 4.74 Å². The van der Waals surface area contributed by atoms with Gasteiger partial charge >= 0.3 is 6.18 Å². The van der Waals surface area contributed by atoms with Crippen molar-refractivity contribution in [3.63, 3.8) is 0 Å². The summed E-state index contributed by atoms with van der Waals surface area (Å²) in [5.41, 5.74) is 0.248. The lowest BCUT2D eigenvalue weighted by Gasteiger charge is -2.38. The zero-order chi connectivity index (χ0) is 16.5. The Labute approximate surface area is 147 Å². The van der Waals surface area contributed by atoms with E-state index in [0.717, 1.165) is 38.7 Å². The molecule has 3 nitrogen and oxygen atoms in total. The van der Waals surface area contributed by atoms with Crippen molar-refractivity contribution in [2.24, 2.45) is 5.41 Å². The van der Waals surface area contributed by atoms with Crippen LogP contribution < -0.4 is 5.32 Å². The summed E-state index contributed by atoms with van der Waals surface area (Å²) in [5.74, 6) is 0. The number of ether oxygens (including phenoxy) is 1. The summed E-state index contributed by atoms with van der Waals surface area (Å²) >= 11 is 0. The predicted molar refractivity (Wildman–Crippen MR) is 89.4 cm³/mol. The van der Waals surface area contributed by atoms with Crippen molar-refractivity contribution in [1.29, 1.82) is 0 Å². The number of hydrogen-bond acceptors (Lipinski definition) is 3. The SMILES string of the molecule is CC1(CN2CCOC(c3cccc(C(F)(F)F)c3)C2)CCNC1.Cl. The molecule has 2 fully saturated rings. The van der Waals surface area contributed by atoms with E-state index in [-0.39, 0.29) is 23.9 Å². The van der Waals surface area contributed by atoms with Crippen molar-refractivity contribution in [2.45, 2.75) is 25.6 Å². The zero-order valence-electron chi connectivity index (χ0n) is 13.7. The maximum absolute atomic E-state index is 12.9. The standard InChI is InChI=1S/C17H23F3N2O.ClH/c1-16(5-6-21-11-16)12-22-7-8-23-15(10-22)13-3-2-4-14(9-13)17(18,19)20;/h2-4,9,15,21H,5-8,10-12H2,1H3;1H. The van der Waals surface area contributed by atoms with E-state index >= 15 is 0 Å². The first-order valence-corrected chi connectivity index (χ1v) is 8.08. The molecule has 0 amide bonds. The van der Waals surface area contributed by atoms with Gasteiger partial charge in [0.2, 0.25) is 0 Å². The highest BCUT2D eigenvalue weighted by molar-refractivity contribution is 5.85. The Morgan fingerprint density at radius 2 is 2.17 bits per heavy atom. The van der Waals surface area contributed by atoms with Gasteiger partial charge in [-0.15, -0.1) is 12.4 Å². The fourth-order valence-corrected chi connectivity index (χ4v) is 3.51. The Kier molecular flexibility index (Phi) is 6.18. The smallest absolute Gasteiger partial charge is 0.371 e. The van der Waals surface area contributed by atoms with Crippen LogP contribution in [0.5, 0.6) is 0 Å². The van der Waals surface area contributed by atoms with Crippen LogP contribution in [0, 0.1) is 5.41 Å². The van der Waals surface area contributed by atoms with Crippen LogP contribution in [0.15, 0.2) is 24.3 Å². The molecule has 2 aliphatic rings. The maximum atomic E-state index is 12.9. The first-order valence-electron chi connectivity index (χ1n) is 8.08. The molecule has 0 saturated carbocycles. The lowest BCUT2D eigenvalue weighted by atomic mass is 9.89. The van der Waals surface area contributed by atoms with E-state index in [0.29, 0.717) is 18.7 Å². The molecule has 2 heterocycles. The van der Waals surface area contributed by atoms with Crippen LogP contribution in [0.4, 0.5) is 13.2 Å². The normalized spacial score (nSPS) is 28.6. The van der Waals surface area contributed by atoms with Crippen LogP contribution in [0.3, 0.4) is 0 Å². The van der Waals surface area contributed by atoms with Crippen LogP contribution in [0.25, 0.3) is 0 Å². The van der Waals surface area contributed by atoms with Gasteiger partial charge in [0, 0.05) is 26.2 Å². The van der Waals surface area contributed by atoms with Crippen LogP contribution in [-0.2, 0) is 10.9 Å². The molecule has 0 spiro atoms. The minimum absolute atomic E-state index is 0. The molecular formula is C17H24ClF3N2O. The van der Waals surface area contributed by atoms with Crippen molar-refractivity contribution >= 4 is 12.4 Å². The molecule has 24 heavy (non-hydrogen) atoms. The lowest BCUT2D eigenvalue weighted by Crippen LogP contribution is -2.44. The largest absolute Gasteiger partial charge is 0.416 e. The van der Waals surface area contributed by atoms with Gasteiger partial charge in [-0.3, -0.25) is 4.90 Å². The average molecular weight is 365 g/mol. The zero-order valence-corrected chi connectivity index (χ0v) is 14.6. The third-order valence-electron chi connectivity index (χ3n) is 4.80. The second kappa shape index (κ2) is 7.60. The third kappa shape index (κ3) is 4.63. The van der Waals surface area contributed by atoms with Crippen LogP contribution in [0.1, 0.15) is 30.6 Å². The van der Waals surface area contributed by atoms with Crippen LogP contribution in [-0.4, -0.2) is 44.2 Å². The van der Waals surface area contributed by atoms with Crippen molar-refractivity contribution in [2.75, 3.05) is 39.3 Å². The van der Waals surface area contributed by atoms with Crippen LogP contribution in [0.2, 0.25) is 0 Å². The molecule has 1 aromatic rings. The summed E-state index contributed by atoms with van der Waals surface area (Å²) < 4.78 is 44.4. The lowest BCUT2D eigenvalue weighted by molar-refractivity contribution is -0.137. The molecule has 3 rings (SSSR count). The Bertz CT molecular complexity index is 547. The van der Waals surface area contributed by atoms with Crippen molar-refractivity contribution in [3.05, 3.63) is 35.4 Å². The molecule has 136 valence electrons. The highest BCUT2D eigenvalue weighted by atomic mass is 35.5. The van der Waals surface area contributed by atoms with Gasteiger partial charge in [-0.05, 0) is 36.1 Å². The summed E-state index contributed by atoms with van der Waals surface area (Å²) in [6.07, 6.45) is -3.46. The molecule has 2 aliphatic heterocycles. The fourth-order valence-electron chi connectivity index (χ4n) is 3.51. The molecule has 1 aromatic carbocycles. The maximum Gasteiger partial charge on any atom is 0.416 e. The van der Waals surface area contributed by atoms with E-state index in [9.17, 15) is 13.2 Å². The number of hydrogen-bond donors (Lipinski definition) is 1. The average Bonchev–Trinajstić information content (AvgIpc) is 2.93. The van der Waals surface area contributed by atoms with E-state index < -0.39 is 11.7 Å². The molecule has 1 N–H and O–H groups in total. The van der Waals surface area contributed by atoms with Gasteiger partial charge < -0.3 is 10.1 Å². The van der Waals surface area contributed by atoms with Gasteiger partial charge in [0.15, 0.2) is 0 Å². The minimum Gasteiger partial charge on any atom is -0.371 e. The highest BCUT2D eigenvalue weighted by Gasteiger charge is 2.34. The van der Waals surface area contributed by atoms with Gasteiger partial charge in [-0.25, -0.2) is 0 Å². The van der Waals surface area contributed by atoms with E-state index in [1.807, 2.05) is 0 Å². The molecule has 7 heteroatoms. The first-order chi connectivity index (χ1) is 10.9. The molecule has 0 radical (unpaired) electrons. The molecule has 0 bridgehead atoms. The van der Waals surface area contributed by atoms with Crippen molar-refractivity contribution in [3.8, 4) is 0 Å². The monoisotopic (exact) mass is 364 g/mol. The molecule has 0 aliphatic carbocycles. The molecule has 0 aromatic heterocycles. The number of benzene rings is 1. The summed E-state index contributed by atoms with van der Waals surface area (Å²) in [6.45, 7) is 7.31. The van der Waals surface area contributed by atoms with E-state index in [1.165, 1.54) is 12.1 Å². The number of halogens is 4. The Balaban J connectivity index is 0.00000208. The fraction of sp³-hybridized carbons (Fsp3) is 0.647. The summed E-state index contributed by atoms with van der Waals surface area (Å²) in [5, 5.41) is 3.39. The van der Waals surface area contributed by atoms with Gasteiger partial charge in [0.05, 0.1) is 18.3 Å². The Morgan fingerprint density at radius 3 is 2.83 bits per heavy atom. The van der Waals surface area contributed by atoms with Crippen molar-refractivity contribution < 1.29 is 17.9 Å².